The molecule has 8 heteroatoms. The van der Waals surface area contributed by atoms with Gasteiger partial charge in [0.05, 0.1) is 6.61 Å². The highest BCUT2D eigenvalue weighted by atomic mass is 32.2. The van der Waals surface area contributed by atoms with Gasteiger partial charge in [0.25, 0.3) is 0 Å². The molecule has 0 amide bonds. The lowest BCUT2D eigenvalue weighted by Gasteiger charge is -2.38. The van der Waals surface area contributed by atoms with Gasteiger partial charge in [0.1, 0.15) is 10.7 Å². The Kier molecular flexibility index (Phi) is 7.39. The lowest BCUT2D eigenvalue weighted by molar-refractivity contribution is 0.133. The summed E-state index contributed by atoms with van der Waals surface area (Å²) < 4.78 is 34.5. The largest absolute Gasteiger partial charge is 0.381 e. The maximum absolute atomic E-state index is 13.0. The highest BCUT2D eigenvalue weighted by molar-refractivity contribution is 7.89. The smallest absolute Gasteiger partial charge is 0.242 e. The van der Waals surface area contributed by atoms with E-state index in [-0.39, 0.29) is 16.4 Å². The molecule has 2 saturated heterocycles. The number of sulfonamides is 1. The van der Waals surface area contributed by atoms with Crippen LogP contribution in [0.3, 0.4) is 0 Å². The minimum absolute atomic E-state index is 0.000813. The molecule has 1 N–H and O–H groups in total. The Morgan fingerprint density at radius 3 is 2.39 bits per heavy atom. The number of nitrogens with zero attached hydrogens (tertiary/aromatic N) is 3. The van der Waals surface area contributed by atoms with Crippen molar-refractivity contribution in [1.29, 1.82) is 0 Å². The molecule has 0 atom stereocenters. The van der Waals surface area contributed by atoms with Crippen molar-refractivity contribution in [1.82, 2.24) is 14.6 Å². The molecule has 33 heavy (non-hydrogen) atoms. The maximum atomic E-state index is 13.0. The molecule has 0 unspecified atom stereocenters. The van der Waals surface area contributed by atoms with Gasteiger partial charge in [-0.25, -0.2) is 18.1 Å². The Morgan fingerprint density at radius 1 is 1.15 bits per heavy atom. The van der Waals surface area contributed by atoms with Gasteiger partial charge >= 0.3 is 0 Å². The highest BCUT2D eigenvalue weighted by Gasteiger charge is 2.38. The summed E-state index contributed by atoms with van der Waals surface area (Å²) in [6.45, 7) is 11.5. The van der Waals surface area contributed by atoms with Crippen LogP contribution >= 0.6 is 0 Å². The second-order valence-electron chi connectivity index (χ2n) is 11.7. The summed E-state index contributed by atoms with van der Waals surface area (Å²) in [5.41, 5.74) is 0.622. The van der Waals surface area contributed by atoms with E-state index in [4.69, 9.17) is 4.74 Å². The van der Waals surface area contributed by atoms with Crippen molar-refractivity contribution in [3.8, 4) is 0 Å². The summed E-state index contributed by atoms with van der Waals surface area (Å²) in [4.78, 5) is 9.48. The van der Waals surface area contributed by atoms with Crippen molar-refractivity contribution < 1.29 is 13.2 Å². The van der Waals surface area contributed by atoms with Crippen LogP contribution in [0.25, 0.3) is 0 Å². The van der Waals surface area contributed by atoms with E-state index >= 15 is 0 Å². The average molecular weight is 479 g/mol. The normalized spacial score (nSPS) is 26.3. The van der Waals surface area contributed by atoms with Crippen molar-refractivity contribution in [2.45, 2.75) is 82.7 Å². The van der Waals surface area contributed by atoms with E-state index in [2.05, 4.69) is 47.3 Å². The number of hydrogen-bond acceptors (Lipinski definition) is 6. The fourth-order valence-corrected chi connectivity index (χ4v) is 7.02. The summed E-state index contributed by atoms with van der Waals surface area (Å²) in [5, 5.41) is 0. The summed E-state index contributed by atoms with van der Waals surface area (Å²) in [5.74, 6) is 0.866. The molecule has 3 fully saturated rings. The van der Waals surface area contributed by atoms with Crippen LogP contribution in [0.2, 0.25) is 0 Å². The maximum Gasteiger partial charge on any atom is 0.242 e. The van der Waals surface area contributed by atoms with Crippen molar-refractivity contribution in [2.75, 3.05) is 44.8 Å². The minimum atomic E-state index is -3.55. The minimum Gasteiger partial charge on any atom is -0.381 e. The highest BCUT2D eigenvalue weighted by Crippen LogP contribution is 2.39. The number of ether oxygens (including phenoxy) is 1. The van der Waals surface area contributed by atoms with Crippen LogP contribution < -0.4 is 9.62 Å². The third-order valence-electron chi connectivity index (χ3n) is 7.73. The standard InChI is InChI=1S/C25H42N4O3S/c1-24(2,3)18-28(4)21-7-5-20(6-8-21)27-33(30,31)22-9-10-23(26-17-22)29-14-11-25(12-15-29)13-16-32-19-25/h9-10,17,20-21,27H,5-8,11-16,18-19H2,1-4H3. The lowest BCUT2D eigenvalue weighted by atomic mass is 9.78. The number of aromatic nitrogens is 1. The van der Waals surface area contributed by atoms with Crippen molar-refractivity contribution >= 4 is 15.8 Å². The molecule has 1 saturated carbocycles. The van der Waals surface area contributed by atoms with Crippen LogP contribution in [0.15, 0.2) is 23.2 Å². The Balaban J connectivity index is 1.28. The van der Waals surface area contributed by atoms with E-state index in [0.29, 0.717) is 11.5 Å². The zero-order chi connectivity index (χ0) is 23.7. The van der Waals surface area contributed by atoms with Gasteiger partial charge in [-0.3, -0.25) is 0 Å². The van der Waals surface area contributed by atoms with Gasteiger partial charge in [-0.15, -0.1) is 0 Å². The van der Waals surface area contributed by atoms with Gasteiger partial charge in [-0.1, -0.05) is 20.8 Å². The average Bonchev–Trinajstić information content (AvgIpc) is 3.21. The Bertz CT molecular complexity index is 873. The van der Waals surface area contributed by atoms with Crippen LogP contribution in [-0.2, 0) is 14.8 Å². The molecule has 0 aromatic carbocycles. The van der Waals surface area contributed by atoms with Gasteiger partial charge < -0.3 is 14.5 Å². The molecule has 4 rings (SSSR count). The molecule has 1 spiro atoms. The second-order valence-corrected chi connectivity index (χ2v) is 13.5. The summed E-state index contributed by atoms with van der Waals surface area (Å²) >= 11 is 0. The van der Waals surface area contributed by atoms with Gasteiger partial charge in [0, 0.05) is 44.5 Å². The summed E-state index contributed by atoms with van der Waals surface area (Å²) in [6.07, 6.45) is 8.71. The number of hydrogen-bond donors (Lipinski definition) is 1. The van der Waals surface area contributed by atoms with Crippen molar-refractivity contribution in [3.05, 3.63) is 18.3 Å². The van der Waals surface area contributed by atoms with Crippen molar-refractivity contribution in [3.63, 3.8) is 0 Å². The molecule has 3 heterocycles. The van der Waals surface area contributed by atoms with Gasteiger partial charge in [-0.2, -0.15) is 0 Å². The zero-order valence-corrected chi connectivity index (χ0v) is 21.7. The number of nitrogens with one attached hydrogen (secondary N) is 1. The predicted octanol–water partition coefficient (Wildman–Crippen LogP) is 3.66. The molecule has 0 radical (unpaired) electrons. The lowest BCUT2D eigenvalue weighted by Crippen LogP contribution is -2.44. The molecule has 1 aromatic heterocycles. The monoisotopic (exact) mass is 478 g/mol. The first kappa shape index (κ1) is 24.9. The van der Waals surface area contributed by atoms with Crippen LogP contribution in [-0.4, -0.2) is 70.3 Å². The van der Waals surface area contributed by atoms with E-state index in [1.54, 1.807) is 6.07 Å². The fourth-order valence-electron chi connectivity index (χ4n) is 5.77. The quantitative estimate of drug-likeness (QED) is 0.673. The summed E-state index contributed by atoms with van der Waals surface area (Å²) in [6, 6.07) is 4.10. The van der Waals surface area contributed by atoms with Gasteiger partial charge in [-0.05, 0) is 75.0 Å². The molecule has 3 aliphatic rings. The van der Waals surface area contributed by atoms with E-state index < -0.39 is 10.0 Å². The first-order valence-corrected chi connectivity index (χ1v) is 14.1. The predicted molar refractivity (Wildman–Crippen MR) is 132 cm³/mol. The van der Waals surface area contributed by atoms with Crippen LogP contribution in [0.4, 0.5) is 5.82 Å². The third kappa shape index (κ3) is 6.27. The summed E-state index contributed by atoms with van der Waals surface area (Å²) in [7, 11) is -1.36. The fraction of sp³-hybridized carbons (Fsp3) is 0.800. The van der Waals surface area contributed by atoms with Crippen LogP contribution in [0.5, 0.6) is 0 Å². The van der Waals surface area contributed by atoms with E-state index in [1.165, 1.54) is 6.20 Å². The SMILES string of the molecule is CN(CC(C)(C)C)C1CCC(NS(=O)(=O)c2ccc(N3CCC4(CCOC4)CC3)nc2)CC1. The van der Waals surface area contributed by atoms with Crippen LogP contribution in [0, 0.1) is 10.8 Å². The number of pyridine rings is 1. The molecule has 186 valence electrons. The molecule has 1 aliphatic carbocycles. The number of piperidine rings is 1. The molecule has 1 aromatic rings. The molecular weight excluding hydrogens is 436 g/mol. The molecule has 0 bridgehead atoms. The van der Waals surface area contributed by atoms with E-state index in [0.717, 1.165) is 83.6 Å². The first-order valence-electron chi connectivity index (χ1n) is 12.6. The molecule has 7 nitrogen and oxygen atoms in total. The van der Waals surface area contributed by atoms with E-state index in [9.17, 15) is 8.42 Å². The number of rotatable bonds is 6. The second kappa shape index (κ2) is 9.80. The van der Waals surface area contributed by atoms with Gasteiger partial charge in [0.2, 0.25) is 10.0 Å². The van der Waals surface area contributed by atoms with E-state index in [1.807, 2.05) is 6.07 Å². The topological polar surface area (TPSA) is 74.8 Å². The van der Waals surface area contributed by atoms with Gasteiger partial charge in [0.15, 0.2) is 0 Å². The molecule has 2 aliphatic heterocycles. The molecular formula is C25H42N4O3S. The Labute approximate surface area is 200 Å². The van der Waals surface area contributed by atoms with Crippen molar-refractivity contribution in [2.24, 2.45) is 10.8 Å². The third-order valence-corrected chi connectivity index (χ3v) is 9.24. The Hall–Kier alpha value is -1.22. The Morgan fingerprint density at radius 2 is 1.85 bits per heavy atom. The first-order chi connectivity index (χ1) is 15.6. The zero-order valence-electron chi connectivity index (χ0n) is 20.8. The van der Waals surface area contributed by atoms with Crippen LogP contribution in [0.1, 0.15) is 65.7 Å². The number of anilines is 1.